The Bertz CT molecular complexity index is 1430. The Kier molecular flexibility index (Phi) is 5.38. The summed E-state index contributed by atoms with van der Waals surface area (Å²) in [4.78, 5) is 40.5. The van der Waals surface area contributed by atoms with E-state index in [1.807, 2.05) is 36.4 Å². The van der Waals surface area contributed by atoms with Crippen LogP contribution in [0.4, 0.5) is 0 Å². The average molecular weight is 499 g/mol. The quantitative estimate of drug-likeness (QED) is 0.537. The van der Waals surface area contributed by atoms with Crippen molar-refractivity contribution in [2.45, 2.75) is 18.5 Å². The average Bonchev–Trinajstić information content (AvgIpc) is 3.55. The second-order valence-corrected chi connectivity index (χ2v) is 9.42. The van der Waals surface area contributed by atoms with Gasteiger partial charge < -0.3 is 14.5 Å². The number of hydrogen-bond donors (Lipinski definition) is 0. The van der Waals surface area contributed by atoms with Crippen LogP contribution >= 0.6 is 11.6 Å². The number of nitrogens with zero attached hydrogens (tertiary/aromatic N) is 4. The van der Waals surface area contributed by atoms with Gasteiger partial charge in [0.1, 0.15) is 17.1 Å². The minimum Gasteiger partial charge on any atom is -0.497 e. The first-order valence-electron chi connectivity index (χ1n) is 11.8. The van der Waals surface area contributed by atoms with E-state index < -0.39 is 5.66 Å². The molecule has 2 aromatic carbocycles. The van der Waals surface area contributed by atoms with E-state index in [4.69, 9.17) is 16.3 Å². The van der Waals surface area contributed by atoms with Gasteiger partial charge in [0.2, 0.25) is 0 Å². The van der Waals surface area contributed by atoms with Crippen molar-refractivity contribution in [1.82, 2.24) is 14.8 Å². The van der Waals surface area contributed by atoms with E-state index >= 15 is 0 Å². The second-order valence-electron chi connectivity index (χ2n) is 8.98. The molecule has 36 heavy (non-hydrogen) atoms. The largest absolute Gasteiger partial charge is 0.497 e. The first-order chi connectivity index (χ1) is 17.5. The number of rotatable bonds is 4. The predicted octanol–water partition coefficient (Wildman–Crippen LogP) is 4.32. The molecule has 2 amide bonds. The molecule has 1 unspecified atom stereocenters. The number of fused-ring (bicyclic) bond motifs is 2. The van der Waals surface area contributed by atoms with E-state index in [0.29, 0.717) is 47.9 Å². The number of allylic oxidation sites excluding steroid dienone is 1. The highest BCUT2D eigenvalue weighted by atomic mass is 35.5. The van der Waals surface area contributed by atoms with Crippen LogP contribution in [0.1, 0.15) is 33.6 Å². The van der Waals surface area contributed by atoms with Gasteiger partial charge >= 0.3 is 0 Å². The molecule has 180 valence electrons. The number of pyridine rings is 1. The molecule has 1 aromatic heterocycles. The van der Waals surface area contributed by atoms with Gasteiger partial charge in [0, 0.05) is 43.4 Å². The second kappa shape index (κ2) is 8.60. The summed E-state index contributed by atoms with van der Waals surface area (Å²) in [5.41, 5.74) is 3.22. The fourth-order valence-electron chi connectivity index (χ4n) is 5.49. The van der Waals surface area contributed by atoms with Crippen LogP contribution in [-0.4, -0.2) is 53.0 Å². The van der Waals surface area contributed by atoms with Crippen molar-refractivity contribution in [2.24, 2.45) is 4.99 Å². The fraction of sp³-hybridized carbons (Fsp3) is 0.214. The predicted molar refractivity (Wildman–Crippen MR) is 137 cm³/mol. The Hall–Kier alpha value is -3.97. The van der Waals surface area contributed by atoms with E-state index in [-0.39, 0.29) is 11.8 Å². The Morgan fingerprint density at radius 3 is 2.58 bits per heavy atom. The molecule has 7 nitrogen and oxygen atoms in total. The van der Waals surface area contributed by atoms with Gasteiger partial charge in [0.25, 0.3) is 11.8 Å². The van der Waals surface area contributed by atoms with E-state index in [9.17, 15) is 9.59 Å². The van der Waals surface area contributed by atoms with Crippen LogP contribution in [0.2, 0.25) is 5.02 Å². The summed E-state index contributed by atoms with van der Waals surface area (Å²) in [5.74, 6) is 0.406. The summed E-state index contributed by atoms with van der Waals surface area (Å²) in [5, 5.41) is 0.586. The Morgan fingerprint density at radius 2 is 1.83 bits per heavy atom. The van der Waals surface area contributed by atoms with Crippen LogP contribution in [0.5, 0.6) is 5.75 Å². The summed E-state index contributed by atoms with van der Waals surface area (Å²) in [7, 11) is 1.62. The summed E-state index contributed by atoms with van der Waals surface area (Å²) in [6.45, 7) is 0.798. The molecule has 1 fully saturated rings. The van der Waals surface area contributed by atoms with Gasteiger partial charge in [-0.1, -0.05) is 35.9 Å². The van der Waals surface area contributed by atoms with Gasteiger partial charge in [-0.2, -0.15) is 0 Å². The lowest BCUT2D eigenvalue weighted by Crippen LogP contribution is -2.58. The van der Waals surface area contributed by atoms with E-state index in [1.54, 1.807) is 53.6 Å². The molecule has 8 heteroatoms. The molecule has 3 aliphatic heterocycles. The molecular weight excluding hydrogens is 476 g/mol. The zero-order chi connectivity index (χ0) is 24.9. The van der Waals surface area contributed by atoms with Crippen molar-refractivity contribution in [3.63, 3.8) is 0 Å². The monoisotopic (exact) mass is 498 g/mol. The highest BCUT2D eigenvalue weighted by Gasteiger charge is 2.56. The van der Waals surface area contributed by atoms with Crippen LogP contribution < -0.4 is 4.74 Å². The Balaban J connectivity index is 1.48. The normalized spacial score (nSPS) is 20.6. The standard InChI is InChI=1S/C28H23ClN4O3/c1-36-21-10-4-18(5-11-21)22-12-14-31-25(22)27(35)33-16-15-32-26(34)23-3-2-13-30-24(23)17-28(32,33)19-6-8-20(29)9-7-19/h2-11,13-14H,12,15-17H2,1H3. The van der Waals surface area contributed by atoms with Gasteiger partial charge in [0.15, 0.2) is 0 Å². The number of carbonyl (C=O) groups is 2. The number of hydrogen-bond acceptors (Lipinski definition) is 5. The van der Waals surface area contributed by atoms with Gasteiger partial charge in [-0.3, -0.25) is 19.6 Å². The number of ether oxygens (including phenoxy) is 1. The van der Waals surface area contributed by atoms with Crippen LogP contribution in [0.15, 0.2) is 77.5 Å². The summed E-state index contributed by atoms with van der Waals surface area (Å²) < 4.78 is 5.28. The molecule has 6 rings (SSSR count). The van der Waals surface area contributed by atoms with Gasteiger partial charge in [-0.05, 0) is 53.1 Å². The summed E-state index contributed by atoms with van der Waals surface area (Å²) in [6, 6.07) is 18.5. The van der Waals surface area contributed by atoms with Crippen LogP contribution in [-0.2, 0) is 16.9 Å². The third-order valence-electron chi connectivity index (χ3n) is 7.21. The number of aliphatic imine (C=N–C) groups is 1. The van der Waals surface area contributed by atoms with Crippen molar-refractivity contribution in [2.75, 3.05) is 20.2 Å². The maximum atomic E-state index is 14.2. The molecule has 1 atom stereocenters. The lowest BCUT2D eigenvalue weighted by atomic mass is 9.86. The number of methoxy groups -OCH3 is 1. The minimum absolute atomic E-state index is 0.131. The van der Waals surface area contributed by atoms with Gasteiger partial charge in [-0.25, -0.2) is 0 Å². The summed E-state index contributed by atoms with van der Waals surface area (Å²) in [6.07, 6.45) is 4.39. The van der Waals surface area contributed by atoms with E-state index in [0.717, 1.165) is 22.4 Å². The van der Waals surface area contributed by atoms with E-state index in [2.05, 4.69) is 9.98 Å². The summed E-state index contributed by atoms with van der Waals surface area (Å²) >= 11 is 6.20. The molecule has 0 radical (unpaired) electrons. The van der Waals surface area contributed by atoms with Crippen molar-refractivity contribution >= 4 is 35.2 Å². The topological polar surface area (TPSA) is 75.1 Å². The fourth-order valence-corrected chi connectivity index (χ4v) is 5.62. The van der Waals surface area contributed by atoms with Crippen LogP contribution in [0.25, 0.3) is 5.57 Å². The molecule has 0 N–H and O–H groups in total. The smallest absolute Gasteiger partial charge is 0.274 e. The number of amides is 2. The number of halogens is 1. The van der Waals surface area contributed by atoms with Gasteiger partial charge in [-0.15, -0.1) is 0 Å². The van der Waals surface area contributed by atoms with Crippen LogP contribution in [0, 0.1) is 0 Å². The van der Waals surface area contributed by atoms with E-state index in [1.165, 1.54) is 0 Å². The molecule has 1 saturated heterocycles. The van der Waals surface area contributed by atoms with Crippen molar-refractivity contribution in [3.8, 4) is 5.75 Å². The highest BCUT2D eigenvalue weighted by molar-refractivity contribution is 6.30. The Morgan fingerprint density at radius 1 is 1.06 bits per heavy atom. The zero-order valence-electron chi connectivity index (χ0n) is 19.6. The molecular formula is C28H23ClN4O3. The highest BCUT2D eigenvalue weighted by Crippen LogP contribution is 2.46. The van der Waals surface area contributed by atoms with Crippen molar-refractivity contribution in [1.29, 1.82) is 0 Å². The molecule has 4 heterocycles. The molecule has 0 spiro atoms. The Labute approximate surface area is 213 Å². The van der Waals surface area contributed by atoms with Crippen LogP contribution in [0.3, 0.4) is 0 Å². The molecule has 0 aliphatic carbocycles. The molecule has 0 saturated carbocycles. The molecule has 3 aliphatic rings. The third kappa shape index (κ3) is 3.34. The first kappa shape index (κ1) is 22.5. The number of carbonyl (C=O) groups excluding carboxylic acids is 2. The number of benzene rings is 2. The minimum atomic E-state index is -1.02. The lowest BCUT2D eigenvalue weighted by molar-refractivity contribution is -0.135. The van der Waals surface area contributed by atoms with Crippen molar-refractivity contribution < 1.29 is 14.3 Å². The lowest BCUT2D eigenvalue weighted by Gasteiger charge is -2.46. The maximum absolute atomic E-state index is 14.2. The van der Waals surface area contributed by atoms with Gasteiger partial charge in [0.05, 0.1) is 18.4 Å². The third-order valence-corrected chi connectivity index (χ3v) is 7.47. The van der Waals surface area contributed by atoms with Crippen molar-refractivity contribution in [3.05, 3.63) is 100.0 Å². The first-order valence-corrected chi connectivity index (χ1v) is 12.1. The molecule has 3 aromatic rings. The maximum Gasteiger partial charge on any atom is 0.274 e. The number of aromatic nitrogens is 1. The molecule has 0 bridgehead atoms. The zero-order valence-corrected chi connectivity index (χ0v) is 20.4. The SMILES string of the molecule is COc1ccc(C2=C(C(=O)N3CCN4C(=O)c5cccnc5CC34c3ccc(Cl)cc3)N=CC2)cc1.